The van der Waals surface area contributed by atoms with Crippen molar-refractivity contribution in [3.63, 3.8) is 0 Å². The van der Waals surface area contributed by atoms with Crippen molar-refractivity contribution in [2.24, 2.45) is 0 Å². The molecular weight excluding hydrogens is 311 g/mol. The van der Waals surface area contributed by atoms with E-state index in [0.717, 1.165) is 17.9 Å². The number of halogens is 3. The van der Waals surface area contributed by atoms with Crippen LogP contribution in [0.2, 0.25) is 0 Å². The van der Waals surface area contributed by atoms with Crippen LogP contribution < -0.4 is 5.32 Å². The SMILES string of the molecule is COC(=O)C(NC(=O)CC(F)(F)F)c1ccc2ccccc2c1. The zero-order valence-corrected chi connectivity index (χ0v) is 12.2. The van der Waals surface area contributed by atoms with E-state index >= 15 is 0 Å². The summed E-state index contributed by atoms with van der Waals surface area (Å²) >= 11 is 0. The highest BCUT2D eigenvalue weighted by Crippen LogP contribution is 2.23. The molecule has 23 heavy (non-hydrogen) atoms. The Bertz CT molecular complexity index is 728. The maximum absolute atomic E-state index is 12.3. The molecule has 0 saturated heterocycles. The van der Waals surface area contributed by atoms with Crippen molar-refractivity contribution in [3.8, 4) is 0 Å². The number of fused-ring (bicyclic) bond motifs is 1. The highest BCUT2D eigenvalue weighted by Gasteiger charge is 2.33. The van der Waals surface area contributed by atoms with Gasteiger partial charge in [0.2, 0.25) is 5.91 Å². The second-order valence-corrected chi connectivity index (χ2v) is 4.92. The number of ether oxygens (including phenoxy) is 1. The third-order valence-corrected chi connectivity index (χ3v) is 3.21. The molecule has 4 nitrogen and oxygen atoms in total. The number of hydrogen-bond donors (Lipinski definition) is 1. The number of alkyl halides is 3. The summed E-state index contributed by atoms with van der Waals surface area (Å²) in [4.78, 5) is 23.3. The topological polar surface area (TPSA) is 55.4 Å². The summed E-state index contributed by atoms with van der Waals surface area (Å²) in [6.07, 6.45) is -6.30. The number of carbonyl (C=O) groups is 2. The second-order valence-electron chi connectivity index (χ2n) is 4.92. The van der Waals surface area contributed by atoms with Crippen LogP contribution in [0.5, 0.6) is 0 Å². The summed E-state index contributed by atoms with van der Waals surface area (Å²) in [6, 6.07) is 10.9. The first-order valence-electron chi connectivity index (χ1n) is 6.73. The molecule has 2 aromatic rings. The van der Waals surface area contributed by atoms with Gasteiger partial charge < -0.3 is 10.1 Å². The van der Waals surface area contributed by atoms with Crippen molar-refractivity contribution in [1.29, 1.82) is 0 Å². The minimum absolute atomic E-state index is 0.353. The lowest BCUT2D eigenvalue weighted by Gasteiger charge is -2.18. The van der Waals surface area contributed by atoms with E-state index in [1.54, 1.807) is 30.3 Å². The van der Waals surface area contributed by atoms with Crippen LogP contribution in [0.3, 0.4) is 0 Å². The van der Waals surface area contributed by atoms with E-state index in [4.69, 9.17) is 0 Å². The third kappa shape index (κ3) is 4.45. The van der Waals surface area contributed by atoms with Crippen molar-refractivity contribution in [2.45, 2.75) is 18.6 Å². The molecule has 1 unspecified atom stereocenters. The molecule has 0 radical (unpaired) electrons. The number of nitrogens with one attached hydrogen (secondary N) is 1. The van der Waals surface area contributed by atoms with E-state index in [0.29, 0.717) is 5.56 Å². The molecule has 0 aliphatic heterocycles. The van der Waals surface area contributed by atoms with Gasteiger partial charge >= 0.3 is 12.1 Å². The van der Waals surface area contributed by atoms with E-state index in [-0.39, 0.29) is 0 Å². The fraction of sp³-hybridized carbons (Fsp3) is 0.250. The Morgan fingerprint density at radius 3 is 2.39 bits per heavy atom. The van der Waals surface area contributed by atoms with Crippen LogP contribution in [-0.2, 0) is 14.3 Å². The zero-order valence-electron chi connectivity index (χ0n) is 12.2. The number of carbonyl (C=O) groups excluding carboxylic acids is 2. The van der Waals surface area contributed by atoms with Crippen LogP contribution >= 0.6 is 0 Å². The smallest absolute Gasteiger partial charge is 0.397 e. The summed E-state index contributed by atoms with van der Waals surface area (Å²) in [5, 5.41) is 3.77. The van der Waals surface area contributed by atoms with Crippen LogP contribution in [0.4, 0.5) is 13.2 Å². The molecule has 2 rings (SSSR count). The molecule has 7 heteroatoms. The molecular formula is C16H14F3NO3. The average molecular weight is 325 g/mol. The van der Waals surface area contributed by atoms with Gasteiger partial charge in [-0.25, -0.2) is 4.79 Å². The molecule has 1 atom stereocenters. The lowest BCUT2D eigenvalue weighted by atomic mass is 10.0. The minimum atomic E-state index is -4.64. The van der Waals surface area contributed by atoms with Crippen LogP contribution in [0.1, 0.15) is 18.0 Å². The molecule has 0 spiro atoms. The van der Waals surface area contributed by atoms with Gasteiger partial charge in [-0.2, -0.15) is 13.2 Å². The molecule has 122 valence electrons. The van der Waals surface area contributed by atoms with Gasteiger partial charge in [0, 0.05) is 0 Å². The van der Waals surface area contributed by atoms with E-state index in [9.17, 15) is 22.8 Å². The molecule has 0 heterocycles. The van der Waals surface area contributed by atoms with Crippen LogP contribution in [-0.4, -0.2) is 25.2 Å². The number of rotatable bonds is 4. The first-order chi connectivity index (χ1) is 10.8. The summed E-state index contributed by atoms with van der Waals surface area (Å²) in [7, 11) is 1.10. The quantitative estimate of drug-likeness (QED) is 0.879. The average Bonchev–Trinajstić information content (AvgIpc) is 2.49. The van der Waals surface area contributed by atoms with E-state index in [1.807, 2.05) is 12.1 Å². The molecule has 0 fully saturated rings. The Labute approximate surface area is 130 Å². The van der Waals surface area contributed by atoms with Gasteiger partial charge in [-0.15, -0.1) is 0 Å². The molecule has 0 bridgehead atoms. The molecule has 0 aromatic heterocycles. The lowest BCUT2D eigenvalue weighted by Crippen LogP contribution is -2.36. The Hall–Kier alpha value is -2.57. The highest BCUT2D eigenvalue weighted by atomic mass is 19.4. The second kappa shape index (κ2) is 6.68. The van der Waals surface area contributed by atoms with Gasteiger partial charge in [0.05, 0.1) is 7.11 Å². The van der Waals surface area contributed by atoms with Crippen molar-refractivity contribution >= 4 is 22.6 Å². The summed E-state index contributed by atoms with van der Waals surface area (Å²) in [5.74, 6) is -2.13. The highest BCUT2D eigenvalue weighted by molar-refractivity contribution is 5.88. The molecule has 1 N–H and O–H groups in total. The first-order valence-corrected chi connectivity index (χ1v) is 6.73. The molecule has 1 amide bonds. The predicted molar refractivity (Wildman–Crippen MR) is 77.5 cm³/mol. The summed E-state index contributed by atoms with van der Waals surface area (Å²) in [6.45, 7) is 0. The largest absolute Gasteiger partial charge is 0.467 e. The monoisotopic (exact) mass is 325 g/mol. The fourth-order valence-electron chi connectivity index (χ4n) is 2.18. The Balaban J connectivity index is 2.29. The number of hydrogen-bond acceptors (Lipinski definition) is 3. The molecule has 0 saturated carbocycles. The van der Waals surface area contributed by atoms with Gasteiger partial charge in [-0.05, 0) is 22.4 Å². The third-order valence-electron chi connectivity index (χ3n) is 3.21. The normalized spacial score (nSPS) is 12.7. The maximum atomic E-state index is 12.3. The van der Waals surface area contributed by atoms with Gasteiger partial charge in [-0.3, -0.25) is 4.79 Å². The first kappa shape index (κ1) is 16.8. The van der Waals surface area contributed by atoms with E-state index in [1.165, 1.54) is 0 Å². The van der Waals surface area contributed by atoms with Gasteiger partial charge in [0.25, 0.3) is 0 Å². The number of amides is 1. The summed E-state index contributed by atoms with van der Waals surface area (Å²) in [5.41, 5.74) is 0.353. The summed E-state index contributed by atoms with van der Waals surface area (Å²) < 4.78 is 41.4. The number of benzene rings is 2. The maximum Gasteiger partial charge on any atom is 0.397 e. The van der Waals surface area contributed by atoms with E-state index < -0.39 is 30.5 Å². The van der Waals surface area contributed by atoms with Crippen molar-refractivity contribution in [1.82, 2.24) is 5.32 Å². The Morgan fingerprint density at radius 2 is 1.78 bits per heavy atom. The molecule has 0 aliphatic carbocycles. The zero-order chi connectivity index (χ0) is 17.0. The number of esters is 1. The lowest BCUT2D eigenvalue weighted by molar-refractivity contribution is -0.157. The predicted octanol–water partition coefficient (Wildman–Crippen LogP) is 3.12. The minimum Gasteiger partial charge on any atom is -0.467 e. The number of methoxy groups -OCH3 is 1. The van der Waals surface area contributed by atoms with Gasteiger partial charge in [-0.1, -0.05) is 36.4 Å². The van der Waals surface area contributed by atoms with Gasteiger partial charge in [0.1, 0.15) is 6.42 Å². The standard InChI is InChI=1S/C16H14F3NO3/c1-23-15(22)14(20-13(21)9-16(17,18)19)12-7-6-10-4-2-3-5-11(10)8-12/h2-8,14H,9H2,1H3,(H,20,21). The van der Waals surface area contributed by atoms with Gasteiger partial charge in [0.15, 0.2) is 6.04 Å². The van der Waals surface area contributed by atoms with Crippen molar-refractivity contribution < 1.29 is 27.5 Å². The molecule has 0 aliphatic rings. The van der Waals surface area contributed by atoms with Crippen molar-refractivity contribution in [2.75, 3.05) is 7.11 Å². The Kier molecular flexibility index (Phi) is 4.88. The molecule has 2 aromatic carbocycles. The van der Waals surface area contributed by atoms with E-state index in [2.05, 4.69) is 10.1 Å². The van der Waals surface area contributed by atoms with Crippen LogP contribution in [0, 0.1) is 0 Å². The Morgan fingerprint density at radius 1 is 1.13 bits per heavy atom. The van der Waals surface area contributed by atoms with Crippen molar-refractivity contribution in [3.05, 3.63) is 48.0 Å². The van der Waals surface area contributed by atoms with Crippen LogP contribution in [0.25, 0.3) is 10.8 Å². The van der Waals surface area contributed by atoms with Crippen LogP contribution in [0.15, 0.2) is 42.5 Å². The fourth-order valence-corrected chi connectivity index (χ4v) is 2.18.